The van der Waals surface area contributed by atoms with Crippen LogP contribution < -0.4 is 9.47 Å². The predicted octanol–water partition coefficient (Wildman–Crippen LogP) is 4.15. The molecule has 0 N–H and O–H groups in total. The van der Waals surface area contributed by atoms with Crippen molar-refractivity contribution in [2.24, 2.45) is 23.2 Å². The van der Waals surface area contributed by atoms with Crippen molar-refractivity contribution in [3.63, 3.8) is 0 Å². The van der Waals surface area contributed by atoms with Crippen molar-refractivity contribution >= 4 is 17.8 Å². The summed E-state index contributed by atoms with van der Waals surface area (Å²) >= 11 is 0. The second kappa shape index (κ2) is 6.64. The number of ketones is 1. The van der Waals surface area contributed by atoms with E-state index >= 15 is 0 Å². The Morgan fingerprint density at radius 3 is 2.39 bits per heavy atom. The molecule has 0 radical (unpaired) electrons. The molecule has 1 aromatic carbocycles. The van der Waals surface area contributed by atoms with Gasteiger partial charge in [0.1, 0.15) is 0 Å². The van der Waals surface area contributed by atoms with Gasteiger partial charge in [-0.1, -0.05) is 6.07 Å². The van der Waals surface area contributed by atoms with Crippen LogP contribution in [0.15, 0.2) is 24.3 Å². The minimum atomic E-state index is -0.690. The molecule has 0 unspecified atom stereocenters. The van der Waals surface area contributed by atoms with Gasteiger partial charge >= 0.3 is 5.97 Å². The van der Waals surface area contributed by atoms with Gasteiger partial charge in [0.25, 0.3) is 0 Å². The number of hydrogen-bond donors (Lipinski definition) is 0. The van der Waals surface area contributed by atoms with E-state index in [9.17, 15) is 9.59 Å². The van der Waals surface area contributed by atoms with Gasteiger partial charge in [0.15, 0.2) is 23.4 Å². The molecule has 1 aromatic rings. The van der Waals surface area contributed by atoms with Crippen LogP contribution >= 0.6 is 0 Å². The van der Waals surface area contributed by atoms with Crippen LogP contribution in [0.3, 0.4) is 0 Å². The lowest BCUT2D eigenvalue weighted by Crippen LogP contribution is -2.52. The molecule has 1 heterocycles. The number of fused-ring (bicyclic) bond motifs is 1. The molecule has 4 fully saturated rings. The largest absolute Gasteiger partial charge is 0.454 e. The molecule has 148 valence electrons. The smallest absolute Gasteiger partial charge is 0.331 e. The van der Waals surface area contributed by atoms with Crippen LogP contribution in [-0.4, -0.2) is 24.6 Å². The molecule has 5 aliphatic rings. The molecular weight excluding hydrogens is 356 g/mol. The summed E-state index contributed by atoms with van der Waals surface area (Å²) in [7, 11) is 0. The third-order valence-corrected chi connectivity index (χ3v) is 7.03. The highest BCUT2D eigenvalue weighted by Gasteiger charge is 2.55. The van der Waals surface area contributed by atoms with E-state index in [0.29, 0.717) is 29.3 Å². The molecule has 1 atom stereocenters. The van der Waals surface area contributed by atoms with Crippen LogP contribution in [0.1, 0.15) is 51.0 Å². The maximum absolute atomic E-state index is 13.2. The van der Waals surface area contributed by atoms with Gasteiger partial charge in [-0.15, -0.1) is 0 Å². The summed E-state index contributed by atoms with van der Waals surface area (Å²) in [4.78, 5) is 25.5. The second-order valence-electron chi connectivity index (χ2n) is 9.09. The summed E-state index contributed by atoms with van der Waals surface area (Å²) in [6, 6.07) is 5.48. The summed E-state index contributed by atoms with van der Waals surface area (Å²) in [6.45, 7) is 1.95. The molecule has 4 saturated carbocycles. The third kappa shape index (κ3) is 3.11. The third-order valence-electron chi connectivity index (χ3n) is 7.03. The quantitative estimate of drug-likeness (QED) is 0.566. The van der Waals surface area contributed by atoms with Gasteiger partial charge in [-0.2, -0.15) is 0 Å². The number of carbonyl (C=O) groups is 2. The van der Waals surface area contributed by atoms with E-state index in [-0.39, 0.29) is 18.0 Å². The Morgan fingerprint density at radius 2 is 1.71 bits per heavy atom. The van der Waals surface area contributed by atoms with Gasteiger partial charge in [-0.25, -0.2) is 4.79 Å². The highest BCUT2D eigenvalue weighted by molar-refractivity contribution is 5.93. The van der Waals surface area contributed by atoms with Gasteiger partial charge in [0.05, 0.1) is 0 Å². The van der Waals surface area contributed by atoms with Crippen molar-refractivity contribution in [2.45, 2.75) is 51.6 Å². The van der Waals surface area contributed by atoms with E-state index in [0.717, 1.165) is 24.8 Å². The summed E-state index contributed by atoms with van der Waals surface area (Å²) < 4.78 is 16.1. The van der Waals surface area contributed by atoms with E-state index in [2.05, 4.69) is 0 Å². The van der Waals surface area contributed by atoms with E-state index in [1.54, 1.807) is 13.0 Å². The zero-order valence-corrected chi connectivity index (χ0v) is 16.2. The molecule has 1 aliphatic heterocycles. The SMILES string of the molecule is C[C@H](OC(=O)/C=C\c1ccc2c(c1)OCO2)C(=O)C12CC3CC(CC(C3)C1)C2. The van der Waals surface area contributed by atoms with Crippen molar-refractivity contribution in [3.05, 3.63) is 29.8 Å². The maximum Gasteiger partial charge on any atom is 0.331 e. The highest BCUT2D eigenvalue weighted by Crippen LogP contribution is 2.60. The van der Waals surface area contributed by atoms with Crippen LogP contribution in [0, 0.1) is 23.2 Å². The number of rotatable bonds is 5. The van der Waals surface area contributed by atoms with E-state index < -0.39 is 12.1 Å². The van der Waals surface area contributed by atoms with Crippen molar-refractivity contribution in [2.75, 3.05) is 6.79 Å². The van der Waals surface area contributed by atoms with Crippen molar-refractivity contribution in [3.8, 4) is 11.5 Å². The van der Waals surface area contributed by atoms with Gasteiger partial charge < -0.3 is 14.2 Å². The molecule has 0 aromatic heterocycles. The van der Waals surface area contributed by atoms with Crippen LogP contribution in [-0.2, 0) is 14.3 Å². The molecule has 0 saturated heterocycles. The van der Waals surface area contributed by atoms with E-state index in [4.69, 9.17) is 14.2 Å². The summed E-state index contributed by atoms with van der Waals surface area (Å²) in [5, 5.41) is 0. The van der Waals surface area contributed by atoms with Crippen molar-refractivity contribution in [1.29, 1.82) is 0 Å². The van der Waals surface area contributed by atoms with Gasteiger partial charge in [0, 0.05) is 11.5 Å². The fourth-order valence-electron chi connectivity index (χ4n) is 6.29. The van der Waals surface area contributed by atoms with Crippen LogP contribution in [0.4, 0.5) is 0 Å². The number of Topliss-reactive ketones (excluding diaryl/α,β-unsaturated/α-hetero) is 1. The van der Waals surface area contributed by atoms with E-state index in [1.165, 1.54) is 25.3 Å². The molecule has 4 aliphatic carbocycles. The standard InChI is InChI=1S/C23H26O5/c1-14(22(25)23-10-16-6-17(11-23)8-18(7-16)12-23)28-21(24)5-3-15-2-4-19-20(9-15)27-13-26-19/h2-5,9,14,16-18H,6-8,10-13H2,1H3/b5-3-/t14-,16?,17?,18?,23?/m0/s1. The van der Waals surface area contributed by atoms with Crippen LogP contribution in [0.25, 0.3) is 6.08 Å². The monoisotopic (exact) mass is 382 g/mol. The normalized spacial score (nSPS) is 33.2. The number of esters is 1. The Bertz CT molecular complexity index is 804. The lowest BCUT2D eigenvalue weighted by molar-refractivity contribution is -0.162. The van der Waals surface area contributed by atoms with Crippen LogP contribution in [0.2, 0.25) is 0 Å². The number of hydrogen-bond acceptors (Lipinski definition) is 5. The summed E-state index contributed by atoms with van der Waals surface area (Å²) in [5.41, 5.74) is 0.580. The van der Waals surface area contributed by atoms with Crippen molar-refractivity contribution < 1.29 is 23.8 Å². The first-order valence-electron chi connectivity index (χ1n) is 10.3. The predicted molar refractivity (Wildman–Crippen MR) is 103 cm³/mol. The number of benzene rings is 1. The van der Waals surface area contributed by atoms with Crippen molar-refractivity contribution in [1.82, 2.24) is 0 Å². The highest BCUT2D eigenvalue weighted by atomic mass is 16.7. The van der Waals surface area contributed by atoms with Gasteiger partial charge in [-0.3, -0.25) is 4.79 Å². The molecule has 5 heteroatoms. The zero-order chi connectivity index (χ0) is 19.3. The second-order valence-corrected chi connectivity index (χ2v) is 9.09. The molecule has 28 heavy (non-hydrogen) atoms. The van der Waals surface area contributed by atoms with Gasteiger partial charge in [0.2, 0.25) is 6.79 Å². The lowest BCUT2D eigenvalue weighted by atomic mass is 9.48. The Morgan fingerprint density at radius 1 is 1.07 bits per heavy atom. The first kappa shape index (κ1) is 17.8. The van der Waals surface area contributed by atoms with E-state index in [1.807, 2.05) is 18.2 Å². The minimum absolute atomic E-state index is 0.136. The minimum Gasteiger partial charge on any atom is -0.454 e. The number of ether oxygens (including phenoxy) is 3. The fraction of sp³-hybridized carbons (Fsp3) is 0.565. The summed E-state index contributed by atoms with van der Waals surface area (Å²) in [6.07, 6.45) is 9.21. The Hall–Kier alpha value is -2.30. The average Bonchev–Trinajstić information content (AvgIpc) is 3.12. The first-order valence-corrected chi connectivity index (χ1v) is 10.3. The first-order chi connectivity index (χ1) is 13.5. The molecule has 0 spiro atoms. The zero-order valence-electron chi connectivity index (χ0n) is 16.2. The summed E-state index contributed by atoms with van der Waals surface area (Å²) in [5.74, 6) is 3.12. The molecule has 4 bridgehead atoms. The topological polar surface area (TPSA) is 61.8 Å². The van der Waals surface area contributed by atoms with Gasteiger partial charge in [-0.05, 0) is 87.0 Å². The molecule has 0 amide bonds. The fourth-order valence-corrected chi connectivity index (χ4v) is 6.29. The Balaban J connectivity index is 1.22. The Labute approximate surface area is 165 Å². The van der Waals surface area contributed by atoms with Crippen LogP contribution in [0.5, 0.6) is 11.5 Å². The number of carbonyl (C=O) groups excluding carboxylic acids is 2. The Kier molecular flexibility index (Phi) is 4.22. The molecule has 6 rings (SSSR count). The maximum atomic E-state index is 13.2. The molecular formula is C23H26O5. The average molecular weight is 382 g/mol. The molecule has 5 nitrogen and oxygen atoms in total. The lowest BCUT2D eigenvalue weighted by Gasteiger charge is -2.56.